The summed E-state index contributed by atoms with van der Waals surface area (Å²) in [6.45, 7) is 3.90. The van der Waals surface area contributed by atoms with Gasteiger partial charge in [-0.1, -0.05) is 140 Å². The summed E-state index contributed by atoms with van der Waals surface area (Å²) in [7, 11) is -5.06. The van der Waals surface area contributed by atoms with Crippen LogP contribution in [-0.4, -0.2) is 97.5 Å². The molecule has 0 aromatic rings. The van der Waals surface area contributed by atoms with Crippen LogP contribution in [0.15, 0.2) is 48.6 Å². The quantitative estimate of drug-likeness (QED) is 0.0199. The summed E-state index contributed by atoms with van der Waals surface area (Å²) in [5.74, 6) is -0.415. The van der Waals surface area contributed by atoms with Gasteiger partial charge in [-0.05, 0) is 77.0 Å². The number of carbonyl (C=O) groups excluding carboxylic acids is 1. The van der Waals surface area contributed by atoms with Gasteiger partial charge in [0.05, 0.1) is 19.8 Å². The standard InChI is InChI=1S/C46H82O12S/c1-3-5-7-9-11-13-15-17-18-19-20-21-22-23-25-27-29-31-33-35-42(48)56-40(38-54-36-34-32-30-28-26-24-16-14-12-10-8-6-4-2)39-55-46-44(50)45(58-59(51,52)53)43(49)41(37-47)57-46/h11-14,17-18,20-21,40-41,43-47,49-50H,3-10,15-16,19,22-39H2,1-2H3,(H,51,52,53)/b13-11-,14-12-,18-17-,21-20-. The minimum Gasteiger partial charge on any atom is -0.457 e. The highest BCUT2D eigenvalue weighted by atomic mass is 32.3. The summed E-state index contributed by atoms with van der Waals surface area (Å²) in [6.07, 6.45) is 35.7. The fraction of sp³-hybridized carbons (Fsp3) is 0.804. The summed E-state index contributed by atoms with van der Waals surface area (Å²) >= 11 is 0. The number of unbranched alkanes of at least 4 members (excludes halogenated alkanes) is 18. The Morgan fingerprint density at radius 2 is 1.12 bits per heavy atom. The van der Waals surface area contributed by atoms with E-state index in [0.29, 0.717) is 13.0 Å². The highest BCUT2D eigenvalue weighted by Gasteiger charge is 2.48. The molecule has 344 valence electrons. The van der Waals surface area contributed by atoms with Gasteiger partial charge in [0.1, 0.15) is 30.5 Å². The average Bonchev–Trinajstić information content (AvgIpc) is 3.20. The van der Waals surface area contributed by atoms with E-state index in [1.54, 1.807) is 0 Å². The minimum atomic E-state index is -5.06. The van der Waals surface area contributed by atoms with E-state index in [4.69, 9.17) is 23.5 Å². The summed E-state index contributed by atoms with van der Waals surface area (Å²) in [6, 6.07) is 0. The highest BCUT2D eigenvalue weighted by molar-refractivity contribution is 7.80. The molecule has 1 aliphatic heterocycles. The Labute approximate surface area is 357 Å². The van der Waals surface area contributed by atoms with Crippen molar-refractivity contribution >= 4 is 16.4 Å². The molecule has 1 fully saturated rings. The first-order valence-electron chi connectivity index (χ1n) is 22.9. The van der Waals surface area contributed by atoms with Crippen LogP contribution in [0.2, 0.25) is 0 Å². The topological polar surface area (TPSA) is 178 Å². The SMILES string of the molecule is CCCCC/C=C\C/C=C\C/C=C\CCCCCCCCC(=O)OC(COCCCCCCCC/C=C\CCCCC)COC1OC(CO)C(O)C(OS(=O)(=O)O)C1O. The Morgan fingerprint density at radius 3 is 1.64 bits per heavy atom. The van der Waals surface area contributed by atoms with Crippen molar-refractivity contribution in [1.82, 2.24) is 0 Å². The first-order valence-corrected chi connectivity index (χ1v) is 24.3. The van der Waals surface area contributed by atoms with Crippen molar-refractivity contribution in [3.05, 3.63) is 48.6 Å². The number of rotatable bonds is 39. The fourth-order valence-corrected chi connectivity index (χ4v) is 7.18. The van der Waals surface area contributed by atoms with E-state index in [2.05, 4.69) is 66.6 Å². The third-order valence-corrected chi connectivity index (χ3v) is 10.6. The largest absolute Gasteiger partial charge is 0.457 e. The second kappa shape index (κ2) is 37.8. The van der Waals surface area contributed by atoms with E-state index < -0.39 is 59.8 Å². The minimum absolute atomic E-state index is 0.0252. The number of hydrogen-bond acceptors (Lipinski definition) is 11. The maximum absolute atomic E-state index is 12.8. The van der Waals surface area contributed by atoms with Gasteiger partial charge in [-0.3, -0.25) is 9.35 Å². The van der Waals surface area contributed by atoms with Crippen molar-refractivity contribution in [3.8, 4) is 0 Å². The van der Waals surface area contributed by atoms with Gasteiger partial charge >= 0.3 is 16.4 Å². The van der Waals surface area contributed by atoms with Crippen LogP contribution in [0, 0.1) is 0 Å². The van der Waals surface area contributed by atoms with Crippen molar-refractivity contribution in [3.63, 3.8) is 0 Å². The Bertz CT molecular complexity index is 1220. The van der Waals surface area contributed by atoms with Gasteiger partial charge in [-0.25, -0.2) is 4.18 Å². The van der Waals surface area contributed by atoms with Crippen molar-refractivity contribution < 1.29 is 56.2 Å². The Kier molecular flexibility index (Phi) is 35.3. The van der Waals surface area contributed by atoms with Crippen LogP contribution in [0.4, 0.5) is 0 Å². The summed E-state index contributed by atoms with van der Waals surface area (Å²) in [5, 5.41) is 30.6. The van der Waals surface area contributed by atoms with E-state index >= 15 is 0 Å². The zero-order chi connectivity index (χ0) is 43.2. The zero-order valence-electron chi connectivity index (χ0n) is 36.6. The molecule has 0 radical (unpaired) electrons. The number of esters is 1. The molecule has 1 saturated heterocycles. The third kappa shape index (κ3) is 31.6. The van der Waals surface area contributed by atoms with Gasteiger partial charge in [0, 0.05) is 13.0 Å². The molecular weight excluding hydrogens is 777 g/mol. The van der Waals surface area contributed by atoms with E-state index in [1.807, 2.05) is 0 Å². The Balaban J connectivity index is 2.43. The highest BCUT2D eigenvalue weighted by Crippen LogP contribution is 2.26. The normalized spacial score (nSPS) is 20.8. The number of aliphatic hydroxyl groups excluding tert-OH is 3. The lowest BCUT2D eigenvalue weighted by molar-refractivity contribution is -0.301. The zero-order valence-corrected chi connectivity index (χ0v) is 37.4. The monoisotopic (exact) mass is 859 g/mol. The van der Waals surface area contributed by atoms with Crippen LogP contribution in [0.3, 0.4) is 0 Å². The maximum Gasteiger partial charge on any atom is 0.397 e. The van der Waals surface area contributed by atoms with Gasteiger partial charge in [-0.2, -0.15) is 8.42 Å². The molecule has 0 aliphatic carbocycles. The second-order valence-corrected chi connectivity index (χ2v) is 16.7. The predicted octanol–water partition coefficient (Wildman–Crippen LogP) is 9.58. The molecule has 6 atom stereocenters. The number of aliphatic hydroxyl groups is 3. The first-order chi connectivity index (χ1) is 28.6. The molecule has 1 aliphatic rings. The van der Waals surface area contributed by atoms with E-state index in [0.717, 1.165) is 77.0 Å². The summed E-state index contributed by atoms with van der Waals surface area (Å²) in [4.78, 5) is 12.8. The van der Waals surface area contributed by atoms with Gasteiger partial charge < -0.3 is 34.3 Å². The molecule has 0 aromatic carbocycles. The van der Waals surface area contributed by atoms with E-state index in [1.165, 1.54) is 70.6 Å². The van der Waals surface area contributed by atoms with Crippen LogP contribution in [0.5, 0.6) is 0 Å². The van der Waals surface area contributed by atoms with Gasteiger partial charge in [-0.15, -0.1) is 0 Å². The summed E-state index contributed by atoms with van der Waals surface area (Å²) < 4.78 is 59.0. The molecular formula is C46H82O12S. The average molecular weight is 859 g/mol. The van der Waals surface area contributed by atoms with Crippen molar-refractivity contribution in [2.45, 2.75) is 211 Å². The Hall–Kier alpha value is -1.94. The van der Waals surface area contributed by atoms with Crippen molar-refractivity contribution in [1.29, 1.82) is 0 Å². The van der Waals surface area contributed by atoms with E-state index in [-0.39, 0.29) is 19.6 Å². The molecule has 0 aromatic heterocycles. The van der Waals surface area contributed by atoms with Crippen LogP contribution >= 0.6 is 0 Å². The van der Waals surface area contributed by atoms with Crippen LogP contribution in [0.25, 0.3) is 0 Å². The molecule has 1 rings (SSSR count). The van der Waals surface area contributed by atoms with Crippen molar-refractivity contribution in [2.75, 3.05) is 26.4 Å². The van der Waals surface area contributed by atoms with Crippen LogP contribution in [0.1, 0.15) is 174 Å². The number of carbonyl (C=O) groups is 1. The molecule has 0 spiro atoms. The number of hydrogen-bond donors (Lipinski definition) is 4. The first kappa shape index (κ1) is 55.1. The molecule has 0 amide bonds. The van der Waals surface area contributed by atoms with Gasteiger partial charge in [0.25, 0.3) is 0 Å². The molecule has 0 saturated carbocycles. The van der Waals surface area contributed by atoms with E-state index in [9.17, 15) is 28.5 Å². The fourth-order valence-electron chi connectivity index (χ4n) is 6.67. The molecule has 0 bridgehead atoms. The molecule has 59 heavy (non-hydrogen) atoms. The van der Waals surface area contributed by atoms with Gasteiger partial charge in [0.2, 0.25) is 0 Å². The third-order valence-electron chi connectivity index (χ3n) is 10.2. The van der Waals surface area contributed by atoms with Gasteiger partial charge in [0.15, 0.2) is 6.29 Å². The van der Waals surface area contributed by atoms with Crippen LogP contribution in [-0.2, 0) is 38.3 Å². The summed E-state index contributed by atoms with van der Waals surface area (Å²) in [5.41, 5.74) is 0. The molecule has 6 unspecified atom stereocenters. The Morgan fingerprint density at radius 1 is 0.644 bits per heavy atom. The molecule has 4 N–H and O–H groups in total. The van der Waals surface area contributed by atoms with Crippen LogP contribution < -0.4 is 0 Å². The smallest absolute Gasteiger partial charge is 0.397 e. The lowest BCUT2D eigenvalue weighted by Gasteiger charge is -2.41. The lowest BCUT2D eigenvalue weighted by atomic mass is 9.99. The molecule has 1 heterocycles. The number of allylic oxidation sites excluding steroid dienone is 8. The van der Waals surface area contributed by atoms with Crippen molar-refractivity contribution in [2.24, 2.45) is 0 Å². The number of ether oxygens (including phenoxy) is 4. The predicted molar refractivity (Wildman–Crippen MR) is 234 cm³/mol. The lowest BCUT2D eigenvalue weighted by Crippen LogP contribution is -2.60. The second-order valence-electron chi connectivity index (χ2n) is 15.6. The molecule has 13 heteroatoms. The maximum atomic E-state index is 12.8. The molecule has 12 nitrogen and oxygen atoms in total.